The average molecular weight is 71.1 g/mol. The first-order valence-corrected chi connectivity index (χ1v) is 0.968. The van der Waals surface area contributed by atoms with Gasteiger partial charge in [-0.05, 0) is 6.72 Å². The molecule has 0 saturated heterocycles. The molecule has 2 nitrogen and oxygen atoms in total. The maximum absolute atomic E-state index is 7.50. The monoisotopic (exact) mass is 71.0 g/mol. The van der Waals surface area contributed by atoms with Crippen LogP contribution in [0.2, 0.25) is 0 Å². The molecule has 0 aromatic heterocycles. The van der Waals surface area contributed by atoms with Crippen LogP contribution in [0, 0.1) is 6.65 Å². The fourth-order valence-electron chi connectivity index (χ4n) is 0. The second-order valence-corrected chi connectivity index (χ2v) is 0.316. The molecule has 0 aromatic rings. The van der Waals surface area contributed by atoms with Crippen LogP contribution in [0.3, 0.4) is 0 Å². The van der Waals surface area contributed by atoms with Crippen LogP contribution in [0.25, 0.3) is 0 Å². The Balaban J connectivity index is 0. The molecule has 0 amide bonds. The molecule has 0 radical (unpaired) electrons. The number of hydrogen-bond donors (Lipinski definition) is 0. The third-order valence-electron chi connectivity index (χ3n) is 0. The molecular formula is C3H5NO. The van der Waals surface area contributed by atoms with Gasteiger partial charge in [0.05, 0.1) is 0 Å². The van der Waals surface area contributed by atoms with E-state index in [-0.39, 0.29) is 0 Å². The second kappa shape index (κ2) is 118. The first-order chi connectivity index (χ1) is 2.41. The summed E-state index contributed by atoms with van der Waals surface area (Å²) in [6.07, 6.45) is 0. The summed E-state index contributed by atoms with van der Waals surface area (Å²) in [5.74, 6) is 0. The van der Waals surface area contributed by atoms with Crippen LogP contribution in [0.5, 0.6) is 0 Å². The summed E-state index contributed by atoms with van der Waals surface area (Å²) in [4.78, 5) is 3.25. The van der Waals surface area contributed by atoms with Crippen LogP contribution in [-0.4, -0.2) is 13.8 Å². The fourth-order valence-corrected chi connectivity index (χ4v) is 0. The van der Waals surface area contributed by atoms with E-state index in [1.165, 1.54) is 0 Å². The SMILES string of the molecule is C=NC.[C-]#[O+]. The second-order valence-electron chi connectivity index (χ2n) is 0.316. The summed E-state index contributed by atoms with van der Waals surface area (Å²) >= 11 is 0. The first-order valence-electron chi connectivity index (χ1n) is 0.968. The van der Waals surface area contributed by atoms with Crippen molar-refractivity contribution in [3.05, 3.63) is 6.65 Å². The van der Waals surface area contributed by atoms with Gasteiger partial charge in [0.25, 0.3) is 0 Å². The van der Waals surface area contributed by atoms with Gasteiger partial charge in [-0.1, -0.05) is 0 Å². The first kappa shape index (κ1) is 8.83. The average Bonchev–Trinajstić information content (AvgIpc) is 1.46. The Morgan fingerprint density at radius 2 is 1.80 bits per heavy atom. The predicted molar refractivity (Wildman–Crippen MR) is 19.4 cm³/mol. The van der Waals surface area contributed by atoms with Gasteiger partial charge in [-0.3, -0.25) is 0 Å². The van der Waals surface area contributed by atoms with E-state index in [2.05, 4.69) is 18.4 Å². The topological polar surface area (TPSA) is 32.3 Å². The van der Waals surface area contributed by atoms with E-state index in [0.717, 1.165) is 0 Å². The fraction of sp³-hybridized carbons (Fsp3) is 0.333. The van der Waals surface area contributed by atoms with Crippen molar-refractivity contribution in [1.82, 2.24) is 0 Å². The Kier molecular flexibility index (Phi) is 208. The van der Waals surface area contributed by atoms with Crippen molar-refractivity contribution in [3.8, 4) is 0 Å². The van der Waals surface area contributed by atoms with Crippen molar-refractivity contribution in [2.24, 2.45) is 4.99 Å². The summed E-state index contributed by atoms with van der Waals surface area (Å²) in [5, 5.41) is 0. The Labute approximate surface area is 31.3 Å². The third-order valence-corrected chi connectivity index (χ3v) is 0. The molecule has 0 aromatic carbocycles. The van der Waals surface area contributed by atoms with E-state index in [4.69, 9.17) is 4.65 Å². The summed E-state index contributed by atoms with van der Waals surface area (Å²) < 4.78 is 7.50. The number of rotatable bonds is 0. The normalized spacial score (nSPS) is 3.00. The summed E-state index contributed by atoms with van der Waals surface area (Å²) in [6, 6.07) is 0. The summed E-state index contributed by atoms with van der Waals surface area (Å²) in [6.45, 7) is 7.61. The van der Waals surface area contributed by atoms with E-state index in [1.807, 2.05) is 0 Å². The van der Waals surface area contributed by atoms with Crippen LogP contribution >= 0.6 is 0 Å². The molecule has 5 heavy (non-hydrogen) atoms. The van der Waals surface area contributed by atoms with E-state index >= 15 is 0 Å². The van der Waals surface area contributed by atoms with Crippen LogP contribution in [-0.2, 0) is 4.65 Å². The van der Waals surface area contributed by atoms with Gasteiger partial charge >= 0.3 is 11.3 Å². The number of hydrogen-bond acceptors (Lipinski definition) is 1. The molecule has 0 aliphatic carbocycles. The Hall–Kier alpha value is -0.590. The van der Waals surface area contributed by atoms with Gasteiger partial charge in [0.2, 0.25) is 0 Å². The molecular weight excluding hydrogens is 66.0 g/mol. The molecule has 0 aliphatic rings. The number of aliphatic imine (C=N–C) groups is 1. The van der Waals surface area contributed by atoms with Crippen LogP contribution in [0.15, 0.2) is 4.99 Å². The van der Waals surface area contributed by atoms with Crippen molar-refractivity contribution in [3.63, 3.8) is 0 Å². The van der Waals surface area contributed by atoms with Crippen molar-refractivity contribution >= 4 is 6.72 Å². The molecule has 0 aliphatic heterocycles. The third kappa shape index (κ3) is 19.5. The van der Waals surface area contributed by atoms with Crippen LogP contribution < -0.4 is 0 Å². The molecule has 0 bridgehead atoms. The predicted octanol–water partition coefficient (Wildman–Crippen LogP) is 0.279. The van der Waals surface area contributed by atoms with Crippen LogP contribution in [0.1, 0.15) is 0 Å². The molecule has 0 N–H and O–H groups in total. The van der Waals surface area contributed by atoms with E-state index in [1.54, 1.807) is 7.05 Å². The maximum atomic E-state index is 7.50. The molecule has 2 heteroatoms. The zero-order chi connectivity index (χ0) is 4.71. The van der Waals surface area contributed by atoms with E-state index in [0.29, 0.717) is 0 Å². The molecule has 0 spiro atoms. The molecule has 0 rings (SSSR count). The van der Waals surface area contributed by atoms with Gasteiger partial charge in [-0.25, -0.2) is 0 Å². The standard InChI is InChI=1S/C2H5N.CO/c1-3-2;1-2/h1H2,2H3;. The summed E-state index contributed by atoms with van der Waals surface area (Å²) in [7, 11) is 1.64. The quantitative estimate of drug-likeness (QED) is 0.223. The molecule has 0 saturated carbocycles. The van der Waals surface area contributed by atoms with Crippen molar-refractivity contribution in [2.75, 3.05) is 7.05 Å². The minimum atomic E-state index is 1.64. The Morgan fingerprint density at radius 1 is 1.80 bits per heavy atom. The molecule has 0 heterocycles. The van der Waals surface area contributed by atoms with Crippen LogP contribution in [0.4, 0.5) is 0 Å². The molecule has 28 valence electrons. The minimum absolute atomic E-state index is 1.64. The van der Waals surface area contributed by atoms with E-state index in [9.17, 15) is 0 Å². The van der Waals surface area contributed by atoms with Crippen molar-refractivity contribution < 1.29 is 4.65 Å². The van der Waals surface area contributed by atoms with Gasteiger partial charge in [0.1, 0.15) is 0 Å². The van der Waals surface area contributed by atoms with Gasteiger partial charge in [0, 0.05) is 7.05 Å². The molecule has 0 fully saturated rings. The zero-order valence-electron chi connectivity index (χ0n) is 3.06. The van der Waals surface area contributed by atoms with Crippen molar-refractivity contribution in [2.45, 2.75) is 0 Å². The zero-order valence-corrected chi connectivity index (χ0v) is 3.06. The van der Waals surface area contributed by atoms with E-state index < -0.39 is 0 Å². The molecule has 0 unspecified atom stereocenters. The number of nitrogens with zero attached hydrogens (tertiary/aromatic N) is 1. The van der Waals surface area contributed by atoms with Gasteiger partial charge in [-0.15, -0.1) is 0 Å². The van der Waals surface area contributed by atoms with Gasteiger partial charge < -0.3 is 4.99 Å². The molecule has 0 atom stereocenters. The Morgan fingerprint density at radius 3 is 1.80 bits per heavy atom. The Bertz CT molecular complexity index is 31.1. The summed E-state index contributed by atoms with van der Waals surface area (Å²) in [5.41, 5.74) is 0. The van der Waals surface area contributed by atoms with Gasteiger partial charge in [-0.2, -0.15) is 0 Å². The van der Waals surface area contributed by atoms with Gasteiger partial charge in [0.15, 0.2) is 0 Å². The van der Waals surface area contributed by atoms with Crippen molar-refractivity contribution in [1.29, 1.82) is 0 Å².